The first-order chi connectivity index (χ1) is 14.9. The number of hydrogen-bond donors (Lipinski definition) is 4. The van der Waals surface area contributed by atoms with Crippen LogP contribution in [0.5, 0.6) is 23.0 Å². The zero-order valence-corrected chi connectivity index (χ0v) is 19.5. The summed E-state index contributed by atoms with van der Waals surface area (Å²) in [6.45, 7) is 0.201. The Kier molecular flexibility index (Phi) is 6.43. The second-order valence-electron chi connectivity index (χ2n) is 7.28. The van der Waals surface area contributed by atoms with Crippen molar-refractivity contribution in [2.24, 2.45) is 5.73 Å². The standard InChI is InChI=1S/C23H21Br2NO5/c24-16-6-4-12(8-17(16)25)21-20(31-14-3-1-2-13(27)9-14)11-30-23-15(19(29)10-26)5-7-18(28)22(21)23/h1-9,19-21,27-29H,10-11,26H2/t19-,20+,21+/m0/s1. The Bertz CT molecular complexity index is 1110. The highest BCUT2D eigenvalue weighted by Crippen LogP contribution is 2.48. The number of nitrogens with two attached hydrogens (primary N) is 1. The van der Waals surface area contributed by atoms with Gasteiger partial charge in [-0.15, -0.1) is 0 Å². The second kappa shape index (κ2) is 9.08. The van der Waals surface area contributed by atoms with Crippen LogP contribution in [0.15, 0.2) is 63.5 Å². The fraction of sp³-hybridized carbons (Fsp3) is 0.217. The highest BCUT2D eigenvalue weighted by atomic mass is 79.9. The Morgan fingerprint density at radius 2 is 1.87 bits per heavy atom. The van der Waals surface area contributed by atoms with Crippen LogP contribution in [0.3, 0.4) is 0 Å². The Labute approximate surface area is 196 Å². The number of halogens is 2. The van der Waals surface area contributed by atoms with Crippen LogP contribution in [0.2, 0.25) is 0 Å². The van der Waals surface area contributed by atoms with Crippen LogP contribution in [0.1, 0.15) is 28.7 Å². The third-order valence-electron chi connectivity index (χ3n) is 5.27. The van der Waals surface area contributed by atoms with E-state index in [1.807, 2.05) is 18.2 Å². The quantitative estimate of drug-likeness (QED) is 0.370. The van der Waals surface area contributed by atoms with Crippen LogP contribution in [0.25, 0.3) is 0 Å². The van der Waals surface area contributed by atoms with Crippen LogP contribution in [-0.4, -0.2) is 34.6 Å². The smallest absolute Gasteiger partial charge is 0.144 e. The highest BCUT2D eigenvalue weighted by molar-refractivity contribution is 9.13. The third-order valence-corrected chi connectivity index (χ3v) is 7.15. The van der Waals surface area contributed by atoms with Gasteiger partial charge in [-0.3, -0.25) is 0 Å². The third kappa shape index (κ3) is 4.39. The molecule has 31 heavy (non-hydrogen) atoms. The van der Waals surface area contributed by atoms with Gasteiger partial charge in [0.25, 0.3) is 0 Å². The number of aliphatic hydroxyl groups is 1. The lowest BCUT2D eigenvalue weighted by atomic mass is 9.82. The summed E-state index contributed by atoms with van der Waals surface area (Å²) in [5, 5.41) is 31.0. The van der Waals surface area contributed by atoms with Crippen molar-refractivity contribution >= 4 is 31.9 Å². The monoisotopic (exact) mass is 549 g/mol. The summed E-state index contributed by atoms with van der Waals surface area (Å²) < 4.78 is 13.9. The maximum Gasteiger partial charge on any atom is 0.144 e. The molecule has 8 heteroatoms. The molecular formula is C23H21Br2NO5. The first kappa shape index (κ1) is 22.0. The summed E-state index contributed by atoms with van der Waals surface area (Å²) in [7, 11) is 0. The van der Waals surface area contributed by atoms with Gasteiger partial charge in [0.05, 0.1) is 12.0 Å². The minimum Gasteiger partial charge on any atom is -0.508 e. The van der Waals surface area contributed by atoms with Gasteiger partial charge in [0.2, 0.25) is 0 Å². The van der Waals surface area contributed by atoms with Gasteiger partial charge < -0.3 is 30.5 Å². The average molecular weight is 551 g/mol. The maximum atomic E-state index is 10.8. The number of ether oxygens (including phenoxy) is 2. The first-order valence-corrected chi connectivity index (χ1v) is 11.2. The summed E-state index contributed by atoms with van der Waals surface area (Å²) in [5.41, 5.74) is 7.61. The summed E-state index contributed by atoms with van der Waals surface area (Å²) in [5.74, 6) is 0.624. The molecule has 1 aliphatic heterocycles. The van der Waals surface area contributed by atoms with Gasteiger partial charge in [-0.2, -0.15) is 0 Å². The van der Waals surface area contributed by atoms with Crippen LogP contribution in [0.4, 0.5) is 0 Å². The van der Waals surface area contributed by atoms with Crippen molar-refractivity contribution in [3.05, 3.63) is 80.2 Å². The molecular weight excluding hydrogens is 530 g/mol. The van der Waals surface area contributed by atoms with E-state index in [0.717, 1.165) is 14.5 Å². The van der Waals surface area contributed by atoms with Crippen molar-refractivity contribution < 1.29 is 24.8 Å². The zero-order valence-electron chi connectivity index (χ0n) is 16.3. The number of rotatable bonds is 5. The number of phenols is 2. The SMILES string of the molecule is NC[C@H](O)c1ccc(O)c2c1OC[C@@H](Oc1cccc(O)c1)[C@H]2c1ccc(Br)c(Br)c1. The lowest BCUT2D eigenvalue weighted by Crippen LogP contribution is -2.37. The Morgan fingerprint density at radius 1 is 1.06 bits per heavy atom. The molecule has 0 aliphatic carbocycles. The lowest BCUT2D eigenvalue weighted by Gasteiger charge is -2.36. The van der Waals surface area contributed by atoms with E-state index in [-0.39, 0.29) is 24.7 Å². The molecule has 0 saturated carbocycles. The van der Waals surface area contributed by atoms with Crippen LogP contribution in [0, 0.1) is 0 Å². The molecule has 0 saturated heterocycles. The Morgan fingerprint density at radius 3 is 2.58 bits per heavy atom. The molecule has 0 fully saturated rings. The van der Waals surface area contributed by atoms with Crippen molar-refractivity contribution in [3.63, 3.8) is 0 Å². The molecule has 4 rings (SSSR count). The molecule has 0 unspecified atom stereocenters. The largest absolute Gasteiger partial charge is 0.508 e. The number of aromatic hydroxyl groups is 2. The second-order valence-corrected chi connectivity index (χ2v) is 8.99. The van der Waals surface area contributed by atoms with Gasteiger partial charge in [-0.05, 0) is 73.8 Å². The summed E-state index contributed by atoms with van der Waals surface area (Å²) in [6, 6.07) is 15.5. The molecule has 0 radical (unpaired) electrons. The first-order valence-electron chi connectivity index (χ1n) is 9.66. The van der Waals surface area contributed by atoms with Gasteiger partial charge in [-0.1, -0.05) is 12.1 Å². The van der Waals surface area contributed by atoms with Crippen molar-refractivity contribution in [1.29, 1.82) is 0 Å². The number of phenolic OH excluding ortho intramolecular Hbond substituents is 2. The van der Waals surface area contributed by atoms with Gasteiger partial charge in [0.15, 0.2) is 0 Å². The number of benzene rings is 3. The molecule has 0 spiro atoms. The minimum atomic E-state index is -0.921. The van der Waals surface area contributed by atoms with E-state index in [4.69, 9.17) is 15.2 Å². The fourth-order valence-electron chi connectivity index (χ4n) is 3.83. The maximum absolute atomic E-state index is 10.8. The number of aliphatic hydroxyl groups excluding tert-OH is 1. The molecule has 0 bridgehead atoms. The van der Waals surface area contributed by atoms with E-state index in [0.29, 0.717) is 22.6 Å². The van der Waals surface area contributed by atoms with E-state index in [2.05, 4.69) is 31.9 Å². The summed E-state index contributed by atoms with van der Waals surface area (Å²) >= 11 is 7.03. The Balaban J connectivity index is 1.86. The van der Waals surface area contributed by atoms with E-state index in [1.165, 1.54) is 12.1 Å². The number of fused-ring (bicyclic) bond motifs is 1. The van der Waals surface area contributed by atoms with Crippen LogP contribution < -0.4 is 15.2 Å². The predicted octanol–water partition coefficient (Wildman–Crippen LogP) is 4.59. The average Bonchev–Trinajstić information content (AvgIpc) is 2.75. The van der Waals surface area contributed by atoms with E-state index in [9.17, 15) is 15.3 Å². The van der Waals surface area contributed by atoms with E-state index < -0.39 is 18.1 Å². The van der Waals surface area contributed by atoms with Gasteiger partial charge >= 0.3 is 0 Å². The fourth-order valence-corrected chi connectivity index (χ4v) is 4.47. The topological polar surface area (TPSA) is 105 Å². The highest BCUT2D eigenvalue weighted by Gasteiger charge is 2.38. The Hall–Kier alpha value is -2.26. The van der Waals surface area contributed by atoms with E-state index in [1.54, 1.807) is 24.3 Å². The van der Waals surface area contributed by atoms with Crippen molar-refractivity contribution in [2.45, 2.75) is 18.1 Å². The van der Waals surface area contributed by atoms with E-state index >= 15 is 0 Å². The van der Waals surface area contributed by atoms with Gasteiger partial charge in [0, 0.05) is 32.7 Å². The van der Waals surface area contributed by atoms with Crippen molar-refractivity contribution in [1.82, 2.24) is 0 Å². The predicted molar refractivity (Wildman–Crippen MR) is 124 cm³/mol. The molecule has 5 N–H and O–H groups in total. The van der Waals surface area contributed by atoms with Crippen molar-refractivity contribution in [2.75, 3.05) is 13.2 Å². The lowest BCUT2D eigenvalue weighted by molar-refractivity contribution is 0.0907. The summed E-state index contributed by atoms with van der Waals surface area (Å²) in [4.78, 5) is 0. The molecule has 162 valence electrons. The normalized spacial score (nSPS) is 18.7. The molecule has 0 aromatic heterocycles. The van der Waals surface area contributed by atoms with Crippen LogP contribution in [-0.2, 0) is 0 Å². The minimum absolute atomic E-state index is 0.0261. The molecule has 0 amide bonds. The molecule has 1 aliphatic rings. The summed E-state index contributed by atoms with van der Waals surface area (Å²) in [6.07, 6.45) is -1.42. The van der Waals surface area contributed by atoms with Crippen LogP contribution >= 0.6 is 31.9 Å². The van der Waals surface area contributed by atoms with Gasteiger partial charge in [0.1, 0.15) is 35.7 Å². The molecule has 3 atom stereocenters. The zero-order chi connectivity index (χ0) is 22.1. The molecule has 3 aromatic rings. The molecule has 6 nitrogen and oxygen atoms in total. The molecule has 3 aromatic carbocycles. The van der Waals surface area contributed by atoms with Gasteiger partial charge in [-0.25, -0.2) is 0 Å². The molecule has 1 heterocycles. The number of hydrogen-bond acceptors (Lipinski definition) is 6. The van der Waals surface area contributed by atoms with Crippen molar-refractivity contribution in [3.8, 4) is 23.0 Å².